The van der Waals surface area contributed by atoms with Crippen molar-refractivity contribution in [2.75, 3.05) is 32.8 Å². The molecule has 25 heavy (non-hydrogen) atoms. The van der Waals surface area contributed by atoms with Crippen LogP contribution in [-0.2, 0) is 10.3 Å². The standard InChI is InChI=1S/C21H27NO2.ClH/c1-3-15-22(4-2)16-17-24-18-21(23,19-11-7-5-8-12-19)20-13-9-6-10-14-20;/h3,5-14,23H,1,4,15-18H2,2H3;1H. The Morgan fingerprint density at radius 3 is 2.00 bits per heavy atom. The Hall–Kier alpha value is -1.65. The van der Waals surface area contributed by atoms with Crippen molar-refractivity contribution >= 4 is 12.4 Å². The Labute approximate surface area is 157 Å². The van der Waals surface area contributed by atoms with Crippen LogP contribution in [0.25, 0.3) is 0 Å². The predicted molar refractivity (Wildman–Crippen MR) is 106 cm³/mol. The van der Waals surface area contributed by atoms with Crippen molar-refractivity contribution in [3.63, 3.8) is 0 Å². The first-order valence-electron chi connectivity index (χ1n) is 8.45. The number of hydrogen-bond donors (Lipinski definition) is 1. The highest BCUT2D eigenvalue weighted by molar-refractivity contribution is 5.85. The lowest BCUT2D eigenvalue weighted by Gasteiger charge is -2.29. The Morgan fingerprint density at radius 1 is 1.04 bits per heavy atom. The Morgan fingerprint density at radius 2 is 1.56 bits per heavy atom. The maximum atomic E-state index is 11.3. The molecule has 0 saturated carbocycles. The summed E-state index contributed by atoms with van der Waals surface area (Å²) in [5.74, 6) is 0. The van der Waals surface area contributed by atoms with Crippen LogP contribution < -0.4 is 0 Å². The molecule has 1 N–H and O–H groups in total. The monoisotopic (exact) mass is 361 g/mol. The molecule has 2 rings (SSSR count). The fraction of sp³-hybridized carbons (Fsp3) is 0.333. The molecule has 136 valence electrons. The van der Waals surface area contributed by atoms with Crippen LogP contribution in [0.5, 0.6) is 0 Å². The largest absolute Gasteiger partial charge is 0.378 e. The van der Waals surface area contributed by atoms with Crippen molar-refractivity contribution in [1.29, 1.82) is 0 Å². The summed E-state index contributed by atoms with van der Waals surface area (Å²) in [6, 6.07) is 19.4. The predicted octanol–water partition coefficient (Wildman–Crippen LogP) is 3.87. The van der Waals surface area contributed by atoms with Crippen LogP contribution in [0.2, 0.25) is 0 Å². The van der Waals surface area contributed by atoms with Crippen LogP contribution in [0, 0.1) is 0 Å². The molecule has 0 radical (unpaired) electrons. The van der Waals surface area contributed by atoms with Crippen LogP contribution in [0.3, 0.4) is 0 Å². The van der Waals surface area contributed by atoms with Crippen LogP contribution in [0.4, 0.5) is 0 Å². The fourth-order valence-corrected chi connectivity index (χ4v) is 2.74. The van der Waals surface area contributed by atoms with E-state index in [1.807, 2.05) is 66.7 Å². The molecule has 2 aromatic rings. The molecule has 0 saturated heterocycles. The molecular weight excluding hydrogens is 334 g/mol. The Balaban J connectivity index is 0.00000312. The van der Waals surface area contributed by atoms with Gasteiger partial charge in [0.15, 0.2) is 0 Å². The van der Waals surface area contributed by atoms with E-state index in [0.29, 0.717) is 6.61 Å². The fourth-order valence-electron chi connectivity index (χ4n) is 2.74. The van der Waals surface area contributed by atoms with Gasteiger partial charge in [-0.3, -0.25) is 4.90 Å². The van der Waals surface area contributed by atoms with E-state index in [1.54, 1.807) is 0 Å². The molecule has 0 spiro atoms. The second-order valence-corrected chi connectivity index (χ2v) is 5.83. The van der Waals surface area contributed by atoms with E-state index in [9.17, 15) is 5.11 Å². The zero-order valence-corrected chi connectivity index (χ0v) is 15.6. The van der Waals surface area contributed by atoms with Gasteiger partial charge in [0.1, 0.15) is 5.60 Å². The number of rotatable bonds is 10. The lowest BCUT2D eigenvalue weighted by atomic mass is 9.87. The van der Waals surface area contributed by atoms with E-state index in [1.165, 1.54) is 0 Å². The highest BCUT2D eigenvalue weighted by atomic mass is 35.5. The first-order valence-corrected chi connectivity index (χ1v) is 8.45. The van der Waals surface area contributed by atoms with Gasteiger partial charge < -0.3 is 9.84 Å². The topological polar surface area (TPSA) is 32.7 Å². The minimum absolute atomic E-state index is 0. The van der Waals surface area contributed by atoms with E-state index in [2.05, 4.69) is 18.4 Å². The first-order chi connectivity index (χ1) is 11.7. The summed E-state index contributed by atoms with van der Waals surface area (Å²) >= 11 is 0. The van der Waals surface area contributed by atoms with Crippen molar-refractivity contribution in [3.05, 3.63) is 84.4 Å². The number of hydrogen-bond acceptors (Lipinski definition) is 3. The van der Waals surface area contributed by atoms with Gasteiger partial charge >= 0.3 is 0 Å². The van der Waals surface area contributed by atoms with Gasteiger partial charge in [-0.1, -0.05) is 73.7 Å². The summed E-state index contributed by atoms with van der Waals surface area (Å²) < 4.78 is 5.86. The van der Waals surface area contributed by atoms with Crippen LogP contribution in [0.1, 0.15) is 18.1 Å². The summed E-state index contributed by atoms with van der Waals surface area (Å²) in [6.45, 7) is 9.32. The summed E-state index contributed by atoms with van der Waals surface area (Å²) in [5.41, 5.74) is 0.544. The number of aliphatic hydroxyl groups is 1. The molecule has 0 unspecified atom stereocenters. The van der Waals surface area contributed by atoms with Crippen molar-refractivity contribution in [2.24, 2.45) is 0 Å². The quantitative estimate of drug-likeness (QED) is 0.515. The SMILES string of the molecule is C=CCN(CC)CCOCC(O)(c1ccccc1)c1ccccc1.Cl. The molecule has 2 aromatic carbocycles. The van der Waals surface area contributed by atoms with E-state index in [-0.39, 0.29) is 19.0 Å². The molecule has 0 aromatic heterocycles. The number of nitrogens with zero attached hydrogens (tertiary/aromatic N) is 1. The zero-order valence-electron chi connectivity index (χ0n) is 14.8. The van der Waals surface area contributed by atoms with E-state index >= 15 is 0 Å². The lowest BCUT2D eigenvalue weighted by Crippen LogP contribution is -2.35. The van der Waals surface area contributed by atoms with Gasteiger partial charge in [0.25, 0.3) is 0 Å². The number of benzene rings is 2. The van der Waals surface area contributed by atoms with Crippen LogP contribution in [0.15, 0.2) is 73.3 Å². The highest BCUT2D eigenvalue weighted by Crippen LogP contribution is 2.29. The Kier molecular flexibility index (Phi) is 9.46. The molecule has 0 aliphatic carbocycles. The lowest BCUT2D eigenvalue weighted by molar-refractivity contribution is -0.0261. The van der Waals surface area contributed by atoms with Gasteiger partial charge in [-0.05, 0) is 17.7 Å². The minimum Gasteiger partial charge on any atom is -0.378 e. The molecule has 0 heterocycles. The van der Waals surface area contributed by atoms with Crippen LogP contribution in [-0.4, -0.2) is 42.9 Å². The zero-order chi connectivity index (χ0) is 17.3. The van der Waals surface area contributed by atoms with Crippen LogP contribution >= 0.6 is 12.4 Å². The normalized spacial score (nSPS) is 11.2. The maximum absolute atomic E-state index is 11.3. The van der Waals surface area contributed by atoms with E-state index in [0.717, 1.165) is 30.8 Å². The third kappa shape index (κ3) is 5.98. The summed E-state index contributed by atoms with van der Waals surface area (Å²) in [6.07, 6.45) is 1.90. The van der Waals surface area contributed by atoms with Crippen molar-refractivity contribution in [2.45, 2.75) is 12.5 Å². The van der Waals surface area contributed by atoms with Gasteiger partial charge in [0.2, 0.25) is 0 Å². The molecular formula is C21H28ClNO2. The molecule has 0 atom stereocenters. The van der Waals surface area contributed by atoms with Gasteiger partial charge in [-0.2, -0.15) is 0 Å². The molecule has 0 bridgehead atoms. The van der Waals surface area contributed by atoms with E-state index in [4.69, 9.17) is 4.74 Å². The Bertz CT molecular complexity index is 564. The molecule has 3 nitrogen and oxygen atoms in total. The van der Waals surface area contributed by atoms with Gasteiger partial charge in [-0.15, -0.1) is 19.0 Å². The van der Waals surface area contributed by atoms with Crippen molar-refractivity contribution in [1.82, 2.24) is 4.90 Å². The average molecular weight is 362 g/mol. The molecule has 0 fully saturated rings. The third-order valence-electron chi connectivity index (χ3n) is 4.20. The highest BCUT2D eigenvalue weighted by Gasteiger charge is 2.31. The summed E-state index contributed by atoms with van der Waals surface area (Å²) in [5, 5.41) is 11.3. The number of likely N-dealkylation sites (N-methyl/N-ethyl adjacent to an activating group) is 1. The minimum atomic E-state index is -1.14. The van der Waals surface area contributed by atoms with Gasteiger partial charge in [0, 0.05) is 13.1 Å². The molecule has 0 aliphatic rings. The third-order valence-corrected chi connectivity index (χ3v) is 4.20. The number of ether oxygens (including phenoxy) is 1. The summed E-state index contributed by atoms with van der Waals surface area (Å²) in [4.78, 5) is 2.25. The van der Waals surface area contributed by atoms with Gasteiger partial charge in [-0.25, -0.2) is 0 Å². The second-order valence-electron chi connectivity index (χ2n) is 5.83. The number of halogens is 1. The molecule has 0 aliphatic heterocycles. The first kappa shape index (κ1) is 21.4. The molecule has 0 amide bonds. The average Bonchev–Trinajstić information content (AvgIpc) is 2.65. The summed E-state index contributed by atoms with van der Waals surface area (Å²) in [7, 11) is 0. The van der Waals surface area contributed by atoms with Gasteiger partial charge in [0.05, 0.1) is 13.2 Å². The molecule has 4 heteroatoms. The van der Waals surface area contributed by atoms with Crippen molar-refractivity contribution < 1.29 is 9.84 Å². The second kappa shape index (κ2) is 11.1. The smallest absolute Gasteiger partial charge is 0.138 e. The maximum Gasteiger partial charge on any atom is 0.138 e. The van der Waals surface area contributed by atoms with Crippen molar-refractivity contribution in [3.8, 4) is 0 Å². The van der Waals surface area contributed by atoms with E-state index < -0.39 is 5.60 Å².